The topological polar surface area (TPSA) is 18.5 Å². The van der Waals surface area contributed by atoms with Crippen LogP contribution < -0.4 is 0 Å². The normalized spacial score (nSPS) is 22.4. The summed E-state index contributed by atoms with van der Waals surface area (Å²) in [5.74, 6) is 0. The third-order valence-corrected chi connectivity index (χ3v) is 3.99. The first kappa shape index (κ1) is 17.0. The highest BCUT2D eigenvalue weighted by atomic mass is 16.7. The smallest absolute Gasteiger partial charge is 0.155 e. The summed E-state index contributed by atoms with van der Waals surface area (Å²) in [5, 5.41) is 0. The van der Waals surface area contributed by atoms with Gasteiger partial charge in [0.2, 0.25) is 0 Å². The highest BCUT2D eigenvalue weighted by Crippen LogP contribution is 2.20. The van der Waals surface area contributed by atoms with Crippen molar-refractivity contribution in [2.75, 3.05) is 6.61 Å². The van der Waals surface area contributed by atoms with E-state index in [0.717, 1.165) is 13.0 Å². The lowest BCUT2D eigenvalue weighted by molar-refractivity contribution is -0.163. The second-order valence-electron chi connectivity index (χ2n) is 5.96. The van der Waals surface area contributed by atoms with Crippen LogP contribution in [-0.2, 0) is 9.47 Å². The molecule has 2 heteroatoms. The molecule has 2 nitrogen and oxygen atoms in total. The molecule has 1 unspecified atom stereocenters. The molecule has 114 valence electrons. The predicted octanol–water partition coefficient (Wildman–Crippen LogP) is 5.45. The zero-order valence-corrected chi connectivity index (χ0v) is 13.2. The van der Waals surface area contributed by atoms with Gasteiger partial charge in [0.1, 0.15) is 0 Å². The summed E-state index contributed by atoms with van der Waals surface area (Å²) in [6, 6.07) is 0. The first-order valence-corrected chi connectivity index (χ1v) is 8.60. The molecule has 0 heterocycles. The second-order valence-corrected chi connectivity index (χ2v) is 5.96. The Hall–Kier alpha value is -0.0800. The maximum atomic E-state index is 6.08. The Morgan fingerprint density at radius 2 is 1.32 bits per heavy atom. The van der Waals surface area contributed by atoms with E-state index in [2.05, 4.69) is 6.92 Å². The van der Waals surface area contributed by atoms with E-state index in [4.69, 9.17) is 9.47 Å². The molecule has 1 atom stereocenters. The van der Waals surface area contributed by atoms with E-state index in [0.29, 0.717) is 6.10 Å². The molecule has 0 aromatic rings. The first-order chi connectivity index (χ1) is 9.33. The minimum atomic E-state index is -0.0298. The van der Waals surface area contributed by atoms with E-state index in [1.165, 1.54) is 70.6 Å². The Kier molecular flexibility index (Phi) is 10.5. The van der Waals surface area contributed by atoms with Gasteiger partial charge in [0.05, 0.1) is 6.10 Å². The number of rotatable bonds is 5. The minimum Gasteiger partial charge on any atom is -0.353 e. The van der Waals surface area contributed by atoms with Gasteiger partial charge in [-0.1, -0.05) is 64.7 Å². The van der Waals surface area contributed by atoms with Crippen LogP contribution in [-0.4, -0.2) is 19.0 Å². The second kappa shape index (κ2) is 11.7. The number of hydrogen-bond acceptors (Lipinski definition) is 2. The van der Waals surface area contributed by atoms with Gasteiger partial charge in [0.25, 0.3) is 0 Å². The summed E-state index contributed by atoms with van der Waals surface area (Å²) in [7, 11) is 0. The summed E-state index contributed by atoms with van der Waals surface area (Å²) in [6.07, 6.45) is 16.4. The third-order valence-electron chi connectivity index (χ3n) is 3.99. The summed E-state index contributed by atoms with van der Waals surface area (Å²) >= 11 is 0. The molecule has 0 aliphatic heterocycles. The van der Waals surface area contributed by atoms with E-state index < -0.39 is 0 Å². The van der Waals surface area contributed by atoms with Gasteiger partial charge in [-0.2, -0.15) is 0 Å². The first-order valence-electron chi connectivity index (χ1n) is 8.60. The van der Waals surface area contributed by atoms with Gasteiger partial charge in [-0.05, 0) is 26.2 Å². The van der Waals surface area contributed by atoms with Gasteiger partial charge in [-0.15, -0.1) is 0 Å². The quantitative estimate of drug-likeness (QED) is 0.618. The molecule has 0 N–H and O–H groups in total. The monoisotopic (exact) mass is 270 g/mol. The molecule has 0 spiro atoms. The Morgan fingerprint density at radius 3 is 1.79 bits per heavy atom. The van der Waals surface area contributed by atoms with Crippen molar-refractivity contribution in [3.8, 4) is 0 Å². The van der Waals surface area contributed by atoms with Gasteiger partial charge < -0.3 is 9.47 Å². The lowest BCUT2D eigenvalue weighted by Crippen LogP contribution is -2.23. The molecular weight excluding hydrogens is 236 g/mol. The minimum absolute atomic E-state index is 0.0298. The Bertz CT molecular complexity index is 182. The maximum Gasteiger partial charge on any atom is 0.155 e. The molecule has 19 heavy (non-hydrogen) atoms. The van der Waals surface area contributed by atoms with Gasteiger partial charge in [-0.3, -0.25) is 0 Å². The highest BCUT2D eigenvalue weighted by molar-refractivity contribution is 4.62. The molecule has 0 aromatic carbocycles. The molecule has 0 aromatic heterocycles. The molecule has 1 saturated carbocycles. The molecule has 0 saturated heterocycles. The number of ether oxygens (including phenoxy) is 2. The van der Waals surface area contributed by atoms with Crippen LogP contribution in [0.4, 0.5) is 0 Å². The van der Waals surface area contributed by atoms with Crippen LogP contribution in [0.15, 0.2) is 0 Å². The van der Waals surface area contributed by atoms with Crippen molar-refractivity contribution < 1.29 is 9.47 Å². The SMILES string of the molecule is CCCOC(C)OC1CCCCCCCCCCC1. The fraction of sp³-hybridized carbons (Fsp3) is 1.00. The fourth-order valence-corrected chi connectivity index (χ4v) is 2.86. The standard InChI is InChI=1S/C17H34O2/c1-3-15-18-16(2)19-17-13-11-9-7-5-4-6-8-10-12-14-17/h16-17H,3-15H2,1-2H3. The van der Waals surface area contributed by atoms with Crippen LogP contribution in [0.3, 0.4) is 0 Å². The van der Waals surface area contributed by atoms with E-state index in [1.54, 1.807) is 0 Å². The zero-order valence-electron chi connectivity index (χ0n) is 13.2. The van der Waals surface area contributed by atoms with E-state index in [-0.39, 0.29) is 6.29 Å². The Labute approximate surface area is 120 Å². The fourth-order valence-electron chi connectivity index (χ4n) is 2.86. The molecule has 1 aliphatic rings. The molecule has 0 radical (unpaired) electrons. The van der Waals surface area contributed by atoms with Crippen molar-refractivity contribution in [1.29, 1.82) is 0 Å². The lowest BCUT2D eigenvalue weighted by Gasteiger charge is -2.23. The average molecular weight is 270 g/mol. The Balaban J connectivity index is 2.25. The van der Waals surface area contributed by atoms with Crippen molar-refractivity contribution in [3.63, 3.8) is 0 Å². The van der Waals surface area contributed by atoms with Crippen molar-refractivity contribution in [1.82, 2.24) is 0 Å². The molecule has 1 rings (SSSR count). The van der Waals surface area contributed by atoms with Crippen LogP contribution in [0, 0.1) is 0 Å². The van der Waals surface area contributed by atoms with Gasteiger partial charge in [-0.25, -0.2) is 0 Å². The van der Waals surface area contributed by atoms with Gasteiger partial charge in [0.15, 0.2) is 6.29 Å². The number of hydrogen-bond donors (Lipinski definition) is 0. The highest BCUT2D eigenvalue weighted by Gasteiger charge is 2.13. The van der Waals surface area contributed by atoms with Crippen LogP contribution in [0.1, 0.15) is 90.9 Å². The van der Waals surface area contributed by atoms with Crippen LogP contribution in [0.5, 0.6) is 0 Å². The summed E-state index contributed by atoms with van der Waals surface area (Å²) < 4.78 is 11.7. The maximum absolute atomic E-state index is 6.08. The molecular formula is C17H34O2. The van der Waals surface area contributed by atoms with E-state index in [1.807, 2.05) is 6.92 Å². The molecule has 1 aliphatic carbocycles. The third kappa shape index (κ3) is 9.45. The Morgan fingerprint density at radius 1 is 0.842 bits per heavy atom. The van der Waals surface area contributed by atoms with Crippen molar-refractivity contribution in [2.45, 2.75) is 103 Å². The van der Waals surface area contributed by atoms with Crippen molar-refractivity contribution in [3.05, 3.63) is 0 Å². The van der Waals surface area contributed by atoms with E-state index in [9.17, 15) is 0 Å². The largest absolute Gasteiger partial charge is 0.353 e. The van der Waals surface area contributed by atoms with Crippen LogP contribution in [0.25, 0.3) is 0 Å². The molecule has 0 bridgehead atoms. The van der Waals surface area contributed by atoms with Gasteiger partial charge >= 0.3 is 0 Å². The predicted molar refractivity (Wildman–Crippen MR) is 81.4 cm³/mol. The summed E-state index contributed by atoms with van der Waals surface area (Å²) in [6.45, 7) is 5.00. The average Bonchev–Trinajstić information content (AvgIpc) is 2.39. The zero-order chi connectivity index (χ0) is 13.8. The van der Waals surface area contributed by atoms with E-state index >= 15 is 0 Å². The lowest BCUT2D eigenvalue weighted by atomic mass is 9.99. The van der Waals surface area contributed by atoms with Crippen molar-refractivity contribution in [2.24, 2.45) is 0 Å². The van der Waals surface area contributed by atoms with Gasteiger partial charge in [0, 0.05) is 6.61 Å². The van der Waals surface area contributed by atoms with Crippen LogP contribution in [0.2, 0.25) is 0 Å². The van der Waals surface area contributed by atoms with Crippen LogP contribution >= 0.6 is 0 Å². The molecule has 0 amide bonds. The summed E-state index contributed by atoms with van der Waals surface area (Å²) in [5.41, 5.74) is 0. The molecule has 1 fully saturated rings. The summed E-state index contributed by atoms with van der Waals surface area (Å²) in [4.78, 5) is 0. The van der Waals surface area contributed by atoms with Crippen molar-refractivity contribution >= 4 is 0 Å².